The summed E-state index contributed by atoms with van der Waals surface area (Å²) in [5.74, 6) is 0.999. The minimum Gasteiger partial charge on any atom is -0.489 e. The highest BCUT2D eigenvalue weighted by Gasteiger charge is 2.15. The molecule has 0 unspecified atom stereocenters. The van der Waals surface area contributed by atoms with Crippen molar-refractivity contribution in [3.05, 3.63) is 53.6 Å². The number of nitrogens with one attached hydrogen (secondary N) is 1. The number of para-hydroxylation sites is 2. The van der Waals surface area contributed by atoms with Crippen LogP contribution in [-0.2, 0) is 6.54 Å². The van der Waals surface area contributed by atoms with Gasteiger partial charge in [-0.25, -0.2) is 0 Å². The largest absolute Gasteiger partial charge is 0.489 e. The normalized spacial score (nSPS) is 13.1. The lowest BCUT2D eigenvalue weighted by Crippen LogP contribution is -2.22. The molecule has 3 rings (SSSR count). The first-order valence-electron chi connectivity index (χ1n) is 7.01. The van der Waals surface area contributed by atoms with Crippen LogP contribution >= 0.6 is 0 Å². The van der Waals surface area contributed by atoms with Gasteiger partial charge in [0.15, 0.2) is 0 Å². The maximum atomic E-state index is 5.83. The van der Waals surface area contributed by atoms with Crippen molar-refractivity contribution in [3.63, 3.8) is 0 Å². The Morgan fingerprint density at radius 2 is 2.00 bits per heavy atom. The van der Waals surface area contributed by atoms with Gasteiger partial charge in [0.2, 0.25) is 0 Å². The van der Waals surface area contributed by atoms with E-state index < -0.39 is 0 Å². The van der Waals surface area contributed by atoms with Crippen LogP contribution in [-0.4, -0.2) is 20.2 Å². The molecule has 0 radical (unpaired) electrons. The molecule has 1 aliphatic heterocycles. The topological polar surface area (TPSA) is 24.5 Å². The van der Waals surface area contributed by atoms with Gasteiger partial charge in [-0.2, -0.15) is 0 Å². The predicted octanol–water partition coefficient (Wildman–Crippen LogP) is 3.44. The second-order valence-corrected chi connectivity index (χ2v) is 5.21. The zero-order valence-corrected chi connectivity index (χ0v) is 12.0. The molecule has 1 heterocycles. The minimum atomic E-state index is 0.734. The minimum absolute atomic E-state index is 0.734. The molecule has 0 aromatic heterocycles. The van der Waals surface area contributed by atoms with Crippen molar-refractivity contribution in [3.8, 4) is 5.75 Å². The molecule has 0 saturated carbocycles. The summed E-state index contributed by atoms with van der Waals surface area (Å²) in [5.41, 5.74) is 4.88. The van der Waals surface area contributed by atoms with Crippen LogP contribution in [0.2, 0.25) is 0 Å². The van der Waals surface area contributed by atoms with Crippen molar-refractivity contribution in [2.24, 2.45) is 0 Å². The van der Waals surface area contributed by atoms with Crippen LogP contribution in [0.4, 0.5) is 11.4 Å². The van der Waals surface area contributed by atoms with Gasteiger partial charge in [0, 0.05) is 31.4 Å². The molecule has 104 valence electrons. The Bertz CT molecular complexity index is 610. The van der Waals surface area contributed by atoms with Crippen LogP contribution in [0.5, 0.6) is 5.75 Å². The molecule has 0 saturated heterocycles. The number of anilines is 2. The molecule has 2 aromatic carbocycles. The molecular formula is C17H20N2O. The number of ether oxygens (including phenoxy) is 1. The van der Waals surface area contributed by atoms with Crippen LogP contribution in [0.15, 0.2) is 42.5 Å². The number of fused-ring (bicyclic) bond motifs is 1. The van der Waals surface area contributed by atoms with E-state index >= 15 is 0 Å². The first kappa shape index (κ1) is 12.9. The first-order chi connectivity index (χ1) is 9.75. The van der Waals surface area contributed by atoms with E-state index in [1.54, 1.807) is 0 Å². The van der Waals surface area contributed by atoms with E-state index in [1.807, 2.05) is 0 Å². The maximum absolute atomic E-state index is 5.83. The predicted molar refractivity (Wildman–Crippen MR) is 83.7 cm³/mol. The van der Waals surface area contributed by atoms with Crippen LogP contribution < -0.4 is 15.0 Å². The average Bonchev–Trinajstić information content (AvgIpc) is 2.48. The molecule has 3 nitrogen and oxygen atoms in total. The Balaban J connectivity index is 1.86. The second kappa shape index (κ2) is 5.45. The molecule has 1 N–H and O–H groups in total. The molecule has 1 aliphatic rings. The molecule has 0 aliphatic carbocycles. The summed E-state index contributed by atoms with van der Waals surface area (Å²) in [4.78, 5) is 2.27. The fraction of sp³-hybridized carbons (Fsp3) is 0.294. The highest BCUT2D eigenvalue weighted by Crippen LogP contribution is 2.32. The summed E-state index contributed by atoms with van der Waals surface area (Å²) in [5, 5.41) is 3.38. The Hall–Kier alpha value is -2.16. The third-order valence-corrected chi connectivity index (χ3v) is 3.69. The third-order valence-electron chi connectivity index (χ3n) is 3.69. The van der Waals surface area contributed by atoms with E-state index in [-0.39, 0.29) is 0 Å². The summed E-state index contributed by atoms with van der Waals surface area (Å²) in [6, 6.07) is 14.8. The quantitative estimate of drug-likeness (QED) is 0.923. The monoisotopic (exact) mass is 268 g/mol. The zero-order chi connectivity index (χ0) is 13.9. The number of nitrogens with zero attached hydrogens (tertiary/aromatic N) is 1. The lowest BCUT2D eigenvalue weighted by molar-refractivity contribution is 0.319. The molecule has 3 heteroatoms. The summed E-state index contributed by atoms with van der Waals surface area (Å²) < 4.78 is 5.83. The number of hydrogen-bond donors (Lipinski definition) is 1. The van der Waals surface area contributed by atoms with Crippen molar-refractivity contribution in [2.45, 2.75) is 13.5 Å². The molecular weight excluding hydrogens is 248 g/mol. The second-order valence-electron chi connectivity index (χ2n) is 5.21. The summed E-state index contributed by atoms with van der Waals surface area (Å²) in [6.45, 7) is 4.60. The summed E-state index contributed by atoms with van der Waals surface area (Å²) >= 11 is 0. The van der Waals surface area contributed by atoms with Crippen LogP contribution in [0.3, 0.4) is 0 Å². The third kappa shape index (κ3) is 2.44. The van der Waals surface area contributed by atoms with Crippen molar-refractivity contribution in [1.29, 1.82) is 0 Å². The Labute approximate surface area is 120 Å². The fourth-order valence-electron chi connectivity index (χ4n) is 2.69. The first-order valence-corrected chi connectivity index (χ1v) is 7.01. The molecule has 0 amide bonds. The molecule has 0 atom stereocenters. The number of rotatable bonds is 3. The SMILES string of the molecule is Cc1ccccc1N(C)Cc1cccc2c1OCCN2. The number of hydrogen-bond acceptors (Lipinski definition) is 3. The fourth-order valence-corrected chi connectivity index (χ4v) is 2.69. The average molecular weight is 268 g/mol. The van der Waals surface area contributed by atoms with Crippen LogP contribution in [0.1, 0.15) is 11.1 Å². The molecule has 0 fully saturated rings. The summed E-state index contributed by atoms with van der Waals surface area (Å²) in [6.07, 6.45) is 0. The van der Waals surface area contributed by atoms with Gasteiger partial charge < -0.3 is 15.0 Å². The van der Waals surface area contributed by atoms with Gasteiger partial charge in [-0.15, -0.1) is 0 Å². The highest BCUT2D eigenvalue weighted by atomic mass is 16.5. The van der Waals surface area contributed by atoms with Gasteiger partial charge >= 0.3 is 0 Å². The van der Waals surface area contributed by atoms with E-state index in [0.717, 1.165) is 31.1 Å². The molecule has 0 bridgehead atoms. The maximum Gasteiger partial charge on any atom is 0.147 e. The van der Waals surface area contributed by atoms with Gasteiger partial charge in [0.1, 0.15) is 12.4 Å². The Morgan fingerprint density at radius 3 is 2.85 bits per heavy atom. The lowest BCUT2D eigenvalue weighted by Gasteiger charge is -2.26. The standard InChI is InChI=1S/C17H20N2O/c1-13-6-3-4-9-16(13)19(2)12-14-7-5-8-15-17(14)20-11-10-18-15/h3-9,18H,10-12H2,1-2H3. The van der Waals surface area contributed by atoms with Crippen molar-refractivity contribution in [2.75, 3.05) is 30.4 Å². The smallest absolute Gasteiger partial charge is 0.147 e. The van der Waals surface area contributed by atoms with Gasteiger partial charge in [0.05, 0.1) is 5.69 Å². The Morgan fingerprint density at radius 1 is 1.15 bits per heavy atom. The zero-order valence-electron chi connectivity index (χ0n) is 12.0. The van der Waals surface area contributed by atoms with Crippen molar-refractivity contribution < 1.29 is 4.74 Å². The molecule has 2 aromatic rings. The van der Waals surface area contributed by atoms with E-state index in [4.69, 9.17) is 4.74 Å². The number of benzene rings is 2. The van der Waals surface area contributed by atoms with Crippen molar-refractivity contribution in [1.82, 2.24) is 0 Å². The van der Waals surface area contributed by atoms with Gasteiger partial charge in [-0.05, 0) is 24.6 Å². The van der Waals surface area contributed by atoms with Gasteiger partial charge in [0.25, 0.3) is 0 Å². The van der Waals surface area contributed by atoms with Crippen LogP contribution in [0, 0.1) is 6.92 Å². The van der Waals surface area contributed by atoms with Gasteiger partial charge in [-0.1, -0.05) is 30.3 Å². The number of aryl methyl sites for hydroxylation is 1. The van der Waals surface area contributed by atoms with E-state index in [0.29, 0.717) is 0 Å². The van der Waals surface area contributed by atoms with E-state index in [2.05, 4.69) is 66.7 Å². The highest BCUT2D eigenvalue weighted by molar-refractivity contribution is 5.62. The van der Waals surface area contributed by atoms with E-state index in [9.17, 15) is 0 Å². The Kier molecular flexibility index (Phi) is 3.50. The molecule has 0 spiro atoms. The van der Waals surface area contributed by atoms with Crippen LogP contribution in [0.25, 0.3) is 0 Å². The van der Waals surface area contributed by atoms with Gasteiger partial charge in [-0.3, -0.25) is 0 Å². The molecule has 20 heavy (non-hydrogen) atoms. The summed E-state index contributed by atoms with van der Waals surface area (Å²) in [7, 11) is 2.12. The lowest BCUT2D eigenvalue weighted by atomic mass is 10.1. The van der Waals surface area contributed by atoms with Crippen molar-refractivity contribution >= 4 is 11.4 Å². The van der Waals surface area contributed by atoms with E-state index in [1.165, 1.54) is 16.8 Å².